The SMILES string of the molecule is O=C([O-])C(F)(F)F.O=C([O-])C(F)(F)F.O=C([O-])C(F)(F)F.O=C([O-])C(F)(F)F.[Ir]. The Kier molecular flexibility index (Phi) is 17.8. The quantitative estimate of drug-likeness (QED) is 0.256. The van der Waals surface area contributed by atoms with Gasteiger partial charge >= 0.3 is 24.7 Å². The minimum atomic E-state index is -5.19. The first-order chi connectivity index (χ1) is 11.8. The third-order valence-electron chi connectivity index (χ3n) is 0.926. The maximum absolute atomic E-state index is 10.5. The van der Waals surface area contributed by atoms with Gasteiger partial charge in [-0.25, -0.2) is 0 Å². The van der Waals surface area contributed by atoms with Gasteiger partial charge in [0.15, 0.2) is 0 Å². The fourth-order valence-electron chi connectivity index (χ4n) is 0. The molecule has 0 spiro atoms. The zero-order valence-electron chi connectivity index (χ0n) is 12.1. The van der Waals surface area contributed by atoms with Crippen molar-refractivity contribution in [3.8, 4) is 0 Å². The van der Waals surface area contributed by atoms with Crippen LogP contribution in [0.15, 0.2) is 0 Å². The van der Waals surface area contributed by atoms with Crippen LogP contribution in [0.5, 0.6) is 0 Å². The zero-order valence-corrected chi connectivity index (χ0v) is 14.5. The second-order valence-corrected chi connectivity index (χ2v) is 3.14. The van der Waals surface area contributed by atoms with Gasteiger partial charge in [-0.3, -0.25) is 0 Å². The molecule has 0 aromatic rings. The van der Waals surface area contributed by atoms with Gasteiger partial charge in [-0.1, -0.05) is 0 Å². The summed E-state index contributed by atoms with van der Waals surface area (Å²) in [4.78, 5) is 35.1. The van der Waals surface area contributed by atoms with Crippen molar-refractivity contribution in [1.82, 2.24) is 0 Å². The van der Waals surface area contributed by atoms with E-state index in [1.54, 1.807) is 0 Å². The summed E-state index contributed by atoms with van der Waals surface area (Å²) in [6, 6.07) is 0. The van der Waals surface area contributed by atoms with Crippen LogP contribution in [0.1, 0.15) is 0 Å². The van der Waals surface area contributed by atoms with E-state index in [0.29, 0.717) is 0 Å². The maximum atomic E-state index is 10.5. The number of halogens is 12. The molecule has 0 aliphatic carbocycles. The van der Waals surface area contributed by atoms with Crippen molar-refractivity contribution in [3.05, 3.63) is 0 Å². The van der Waals surface area contributed by atoms with Crippen LogP contribution < -0.4 is 20.4 Å². The van der Waals surface area contributed by atoms with E-state index >= 15 is 0 Å². The number of carboxylic acid groups (broad SMARTS) is 4. The number of hydrogen-bond acceptors (Lipinski definition) is 8. The van der Waals surface area contributed by atoms with E-state index in [1.807, 2.05) is 0 Å². The first-order valence-corrected chi connectivity index (χ1v) is 4.90. The Labute approximate surface area is 162 Å². The topological polar surface area (TPSA) is 161 Å². The molecule has 0 unspecified atom stereocenters. The summed E-state index contributed by atoms with van der Waals surface area (Å²) in [6.45, 7) is 0. The molecule has 0 rings (SSSR count). The number of alkyl halides is 12. The molecule has 0 saturated heterocycles. The molecule has 0 N–H and O–H groups in total. The molecule has 0 saturated carbocycles. The Morgan fingerprint density at radius 2 is 0.414 bits per heavy atom. The first kappa shape index (κ1) is 37.4. The van der Waals surface area contributed by atoms with Gasteiger partial charge in [-0.2, -0.15) is 52.7 Å². The summed E-state index contributed by atoms with van der Waals surface area (Å²) in [7, 11) is 0. The van der Waals surface area contributed by atoms with Crippen molar-refractivity contribution in [2.24, 2.45) is 0 Å². The summed E-state index contributed by atoms with van der Waals surface area (Å²) >= 11 is 0. The summed E-state index contributed by atoms with van der Waals surface area (Å²) in [5.41, 5.74) is 0. The van der Waals surface area contributed by atoms with Crippen molar-refractivity contribution in [2.45, 2.75) is 24.7 Å². The van der Waals surface area contributed by atoms with Gasteiger partial charge in [0.25, 0.3) is 0 Å². The summed E-state index contributed by atoms with van der Waals surface area (Å²) in [6.07, 6.45) is -20.8. The van der Waals surface area contributed by atoms with E-state index in [4.69, 9.17) is 39.6 Å². The van der Waals surface area contributed by atoms with Crippen LogP contribution in [0.3, 0.4) is 0 Å². The molecule has 0 fully saturated rings. The molecule has 0 heterocycles. The molecule has 0 aliphatic rings. The van der Waals surface area contributed by atoms with E-state index in [9.17, 15) is 52.7 Å². The van der Waals surface area contributed by atoms with E-state index < -0.39 is 48.6 Å². The number of carbonyl (C=O) groups excluding carboxylic acids is 4. The zero-order chi connectivity index (χ0) is 24.3. The molecule has 0 amide bonds. The van der Waals surface area contributed by atoms with Crippen molar-refractivity contribution >= 4 is 23.9 Å². The average molecular weight is 644 g/mol. The molecule has 8 nitrogen and oxygen atoms in total. The summed E-state index contributed by atoms with van der Waals surface area (Å²) < 4.78 is 126. The van der Waals surface area contributed by atoms with E-state index in [2.05, 4.69) is 0 Å². The van der Waals surface area contributed by atoms with Gasteiger partial charge in [0.2, 0.25) is 0 Å². The van der Waals surface area contributed by atoms with Gasteiger partial charge in [-0.15, -0.1) is 0 Å². The molecule has 29 heavy (non-hydrogen) atoms. The minimum Gasteiger partial charge on any atom is -0.542 e. The smallest absolute Gasteiger partial charge is 0.430 e. The van der Waals surface area contributed by atoms with Crippen LogP contribution in [0.4, 0.5) is 52.7 Å². The Balaban J connectivity index is -0.0000000873. The van der Waals surface area contributed by atoms with Crippen molar-refractivity contribution in [3.63, 3.8) is 0 Å². The molecular weight excluding hydrogens is 644 g/mol. The standard InChI is InChI=1S/4C2HF3O2.Ir/c4*3-2(4,5)1(6)7;/h4*(H,6,7);/p-4. The van der Waals surface area contributed by atoms with Crippen LogP contribution in [0.25, 0.3) is 0 Å². The van der Waals surface area contributed by atoms with Crippen molar-refractivity contribution in [2.75, 3.05) is 0 Å². The van der Waals surface area contributed by atoms with Crippen LogP contribution in [-0.2, 0) is 39.3 Å². The number of carbonyl (C=O) groups is 4. The number of aliphatic carboxylic acids is 4. The molecule has 0 aromatic carbocycles. The van der Waals surface area contributed by atoms with E-state index in [-0.39, 0.29) is 20.1 Å². The third-order valence-corrected chi connectivity index (χ3v) is 0.926. The normalized spacial score (nSPS) is 10.9. The molecule has 177 valence electrons. The summed E-state index contributed by atoms with van der Waals surface area (Å²) in [5, 5.41) is 35.1. The molecule has 0 atom stereocenters. The third kappa shape index (κ3) is 30.6. The van der Waals surface area contributed by atoms with Crippen LogP contribution >= 0.6 is 0 Å². The van der Waals surface area contributed by atoms with Gasteiger partial charge < -0.3 is 39.6 Å². The van der Waals surface area contributed by atoms with Gasteiger partial charge in [-0.05, 0) is 0 Å². The summed E-state index contributed by atoms with van der Waals surface area (Å²) in [5.74, 6) is -12.0. The Morgan fingerprint density at radius 1 is 0.379 bits per heavy atom. The second kappa shape index (κ2) is 13.8. The molecule has 21 heteroatoms. The molecular formula is C8F12IrO8-4. The van der Waals surface area contributed by atoms with Crippen molar-refractivity contribution < 1.29 is 112 Å². The number of rotatable bonds is 0. The predicted octanol–water partition coefficient (Wildman–Crippen LogP) is -2.81. The first-order valence-electron chi connectivity index (χ1n) is 4.90. The van der Waals surface area contributed by atoms with Crippen LogP contribution in [0.2, 0.25) is 0 Å². The van der Waals surface area contributed by atoms with Crippen LogP contribution in [0, 0.1) is 0 Å². The van der Waals surface area contributed by atoms with Gasteiger partial charge in [0.1, 0.15) is 23.9 Å². The fraction of sp³-hybridized carbons (Fsp3) is 0.500. The van der Waals surface area contributed by atoms with Gasteiger partial charge in [0.05, 0.1) is 0 Å². The van der Waals surface area contributed by atoms with E-state index in [1.165, 1.54) is 0 Å². The Bertz CT molecular complexity index is 436. The Morgan fingerprint density at radius 3 is 0.414 bits per heavy atom. The second-order valence-electron chi connectivity index (χ2n) is 3.14. The number of hydrogen-bond donors (Lipinski definition) is 0. The minimum absolute atomic E-state index is 0. The van der Waals surface area contributed by atoms with Crippen molar-refractivity contribution in [1.29, 1.82) is 0 Å². The van der Waals surface area contributed by atoms with Crippen LogP contribution in [-0.4, -0.2) is 48.6 Å². The fourth-order valence-corrected chi connectivity index (χ4v) is 0. The van der Waals surface area contributed by atoms with E-state index in [0.717, 1.165) is 0 Å². The maximum Gasteiger partial charge on any atom is 0.430 e. The molecule has 0 aliphatic heterocycles. The molecule has 0 bridgehead atoms. The van der Waals surface area contributed by atoms with Gasteiger partial charge in [0, 0.05) is 20.1 Å². The monoisotopic (exact) mass is 645 g/mol. The molecule has 1 radical (unpaired) electrons. The predicted molar refractivity (Wildman–Crippen MR) is 44.2 cm³/mol. The largest absolute Gasteiger partial charge is 0.542 e. The Hall–Kier alpha value is -2.31. The average Bonchev–Trinajstić information content (AvgIpc) is 2.35. The molecule has 0 aromatic heterocycles. The number of carboxylic acids is 4.